The van der Waals surface area contributed by atoms with Gasteiger partial charge >= 0.3 is 6.09 Å². The highest BCUT2D eigenvalue weighted by atomic mass is 16.5. The van der Waals surface area contributed by atoms with Gasteiger partial charge < -0.3 is 15.4 Å². The molecule has 1 aliphatic carbocycles. The Kier molecular flexibility index (Phi) is 6.05. The Labute approximate surface area is 151 Å². The van der Waals surface area contributed by atoms with Crippen molar-refractivity contribution < 1.29 is 14.3 Å². The van der Waals surface area contributed by atoms with Gasteiger partial charge in [-0.25, -0.2) is 4.79 Å². The van der Waals surface area contributed by atoms with Gasteiger partial charge in [-0.1, -0.05) is 54.6 Å². The van der Waals surface area contributed by atoms with Crippen molar-refractivity contribution in [3.63, 3.8) is 0 Å². The van der Waals surface area contributed by atoms with Gasteiger partial charge in [0.25, 0.3) is 5.91 Å². The molecule has 26 heavy (non-hydrogen) atoms. The van der Waals surface area contributed by atoms with Crippen LogP contribution in [-0.2, 0) is 16.1 Å². The van der Waals surface area contributed by atoms with Crippen molar-refractivity contribution in [1.82, 2.24) is 10.6 Å². The molecule has 0 fully saturated rings. The van der Waals surface area contributed by atoms with Gasteiger partial charge in [0.15, 0.2) is 0 Å². The number of hydrogen-bond acceptors (Lipinski definition) is 5. The zero-order valence-corrected chi connectivity index (χ0v) is 14.2. The zero-order valence-electron chi connectivity index (χ0n) is 14.2. The van der Waals surface area contributed by atoms with Gasteiger partial charge in [-0.2, -0.15) is 5.11 Å². The van der Waals surface area contributed by atoms with Crippen molar-refractivity contribution in [2.24, 2.45) is 16.1 Å². The summed E-state index contributed by atoms with van der Waals surface area (Å²) in [6.45, 7) is 1.68. The fourth-order valence-electron chi connectivity index (χ4n) is 2.63. The second-order valence-electron chi connectivity index (χ2n) is 5.83. The molecular weight excluding hydrogens is 332 g/mol. The van der Waals surface area contributed by atoms with Crippen molar-refractivity contribution in [2.75, 3.05) is 19.6 Å². The highest BCUT2D eigenvalue weighted by molar-refractivity contribution is 5.86. The topological polar surface area (TPSA) is 92.2 Å². The zero-order chi connectivity index (χ0) is 18.2. The predicted molar refractivity (Wildman–Crippen MR) is 96.2 cm³/mol. The average Bonchev–Trinajstić information content (AvgIpc) is 2.69. The van der Waals surface area contributed by atoms with E-state index in [1.54, 1.807) is 0 Å². The minimum absolute atomic E-state index is 0.242. The summed E-state index contributed by atoms with van der Waals surface area (Å²) in [5, 5.41) is 13.5. The van der Waals surface area contributed by atoms with Crippen LogP contribution in [0.1, 0.15) is 5.56 Å². The summed E-state index contributed by atoms with van der Waals surface area (Å²) in [6, 6.07) is 9.50. The molecule has 0 saturated carbocycles. The summed E-state index contributed by atoms with van der Waals surface area (Å²) in [5.41, 5.74) is 2.55. The van der Waals surface area contributed by atoms with Gasteiger partial charge in [-0.15, -0.1) is 5.11 Å². The number of carbonyl (C=O) groups is 2. The van der Waals surface area contributed by atoms with E-state index >= 15 is 0 Å². The molecular formula is C19H20N4O3. The second kappa shape index (κ2) is 8.87. The van der Waals surface area contributed by atoms with Gasteiger partial charge in [0.2, 0.25) is 0 Å². The maximum absolute atomic E-state index is 11.7. The number of nitrogens with one attached hydrogen (secondary N) is 2. The fourth-order valence-corrected chi connectivity index (χ4v) is 2.63. The van der Waals surface area contributed by atoms with Crippen LogP contribution < -0.4 is 10.6 Å². The highest BCUT2D eigenvalue weighted by Crippen LogP contribution is 2.27. The lowest BCUT2D eigenvalue weighted by molar-refractivity contribution is -0.120. The quantitative estimate of drug-likeness (QED) is 0.738. The summed E-state index contributed by atoms with van der Waals surface area (Å²) in [4.78, 5) is 23.4. The summed E-state index contributed by atoms with van der Waals surface area (Å²) < 4.78 is 5.13. The highest BCUT2D eigenvalue weighted by Gasteiger charge is 2.26. The molecule has 2 amide bonds. The number of amides is 2. The second-order valence-corrected chi connectivity index (χ2v) is 5.83. The Hall–Kier alpha value is -3.06. The maximum Gasteiger partial charge on any atom is 0.407 e. The van der Waals surface area contributed by atoms with Crippen molar-refractivity contribution in [3.8, 4) is 0 Å². The molecule has 1 aromatic rings. The van der Waals surface area contributed by atoms with Crippen LogP contribution >= 0.6 is 0 Å². The van der Waals surface area contributed by atoms with Gasteiger partial charge in [0.1, 0.15) is 6.61 Å². The number of nitrogens with zero attached hydrogens (tertiary/aromatic N) is 2. The maximum atomic E-state index is 11.7. The number of ether oxygens (including phenoxy) is 1. The fraction of sp³-hybridized carbons (Fsp3) is 0.263. The Morgan fingerprint density at radius 3 is 2.81 bits per heavy atom. The van der Waals surface area contributed by atoms with Crippen LogP contribution in [-0.4, -0.2) is 31.6 Å². The summed E-state index contributed by atoms with van der Waals surface area (Å²) in [5.74, 6) is -0.576. The Bertz CT molecular complexity index is 781. The van der Waals surface area contributed by atoms with Gasteiger partial charge in [-0.05, 0) is 11.1 Å². The third-order valence-corrected chi connectivity index (χ3v) is 3.97. The average molecular weight is 352 g/mol. The van der Waals surface area contributed by atoms with Gasteiger partial charge in [0.05, 0.1) is 11.6 Å². The minimum atomic E-state index is -0.457. The van der Waals surface area contributed by atoms with Crippen molar-refractivity contribution >= 4 is 12.0 Å². The van der Waals surface area contributed by atoms with Crippen molar-refractivity contribution in [2.45, 2.75) is 6.61 Å². The van der Waals surface area contributed by atoms with Crippen LogP contribution in [0.2, 0.25) is 0 Å². The normalized spacial score (nSPS) is 18.0. The molecule has 2 aliphatic rings. The molecule has 0 radical (unpaired) electrons. The van der Waals surface area contributed by atoms with E-state index in [2.05, 4.69) is 20.9 Å². The minimum Gasteiger partial charge on any atom is -0.445 e. The number of allylic oxidation sites excluding steroid dienone is 3. The van der Waals surface area contributed by atoms with Crippen LogP contribution in [0, 0.1) is 5.92 Å². The van der Waals surface area contributed by atoms with E-state index < -0.39 is 6.09 Å². The van der Waals surface area contributed by atoms with Crippen molar-refractivity contribution in [1.29, 1.82) is 0 Å². The van der Waals surface area contributed by atoms with Crippen LogP contribution in [0.3, 0.4) is 0 Å². The molecule has 3 rings (SSSR count). The lowest BCUT2D eigenvalue weighted by Crippen LogP contribution is -2.33. The largest absolute Gasteiger partial charge is 0.445 e. The molecule has 7 heteroatoms. The van der Waals surface area contributed by atoms with E-state index in [0.717, 1.165) is 16.8 Å². The Morgan fingerprint density at radius 1 is 1.12 bits per heavy atom. The first-order valence-corrected chi connectivity index (χ1v) is 8.43. The van der Waals surface area contributed by atoms with Crippen molar-refractivity contribution in [3.05, 3.63) is 71.5 Å². The van der Waals surface area contributed by atoms with E-state index in [0.29, 0.717) is 19.6 Å². The molecule has 0 saturated heterocycles. The van der Waals surface area contributed by atoms with E-state index in [1.807, 2.05) is 54.6 Å². The lowest BCUT2D eigenvalue weighted by atomic mass is 9.91. The molecule has 7 nitrogen and oxygen atoms in total. The van der Waals surface area contributed by atoms with E-state index in [-0.39, 0.29) is 18.4 Å². The number of fused-ring (bicyclic) bond motifs is 1. The molecule has 1 atom stereocenters. The first-order valence-electron chi connectivity index (χ1n) is 8.43. The first-order chi connectivity index (χ1) is 12.7. The molecule has 1 aromatic carbocycles. The third kappa shape index (κ3) is 4.73. The SMILES string of the molecule is O=C(NCCNCC1=C2C=CC=CC2C(=O)N=N1)OCc1ccccc1. The number of rotatable bonds is 7. The number of alkyl carbamates (subject to hydrolysis) is 1. The van der Waals surface area contributed by atoms with E-state index in [9.17, 15) is 9.59 Å². The number of benzene rings is 1. The monoisotopic (exact) mass is 352 g/mol. The van der Waals surface area contributed by atoms with E-state index in [1.165, 1.54) is 0 Å². The van der Waals surface area contributed by atoms with E-state index in [4.69, 9.17) is 4.74 Å². The van der Waals surface area contributed by atoms with Crippen LogP contribution in [0.25, 0.3) is 0 Å². The summed E-state index contributed by atoms with van der Waals surface area (Å²) in [6.07, 6.45) is 6.96. The number of hydrogen-bond donors (Lipinski definition) is 2. The molecule has 2 N–H and O–H groups in total. The summed E-state index contributed by atoms with van der Waals surface area (Å²) >= 11 is 0. The van der Waals surface area contributed by atoms with Crippen LogP contribution in [0.5, 0.6) is 0 Å². The Morgan fingerprint density at radius 2 is 1.96 bits per heavy atom. The number of carbonyl (C=O) groups excluding carboxylic acids is 2. The molecule has 0 spiro atoms. The van der Waals surface area contributed by atoms with Crippen LogP contribution in [0.4, 0.5) is 4.79 Å². The molecule has 1 heterocycles. The molecule has 0 bridgehead atoms. The smallest absolute Gasteiger partial charge is 0.407 e. The Balaban J connectivity index is 1.36. The summed E-state index contributed by atoms with van der Waals surface area (Å²) in [7, 11) is 0. The molecule has 0 aromatic heterocycles. The van der Waals surface area contributed by atoms with Gasteiger partial charge in [-0.3, -0.25) is 4.79 Å². The standard InChI is InChI=1S/C19H20N4O3/c24-18-16-9-5-4-8-15(16)17(22-23-18)12-20-10-11-21-19(25)26-13-14-6-2-1-3-7-14/h1-9,16,20H,10-13H2,(H,21,25). The predicted octanol–water partition coefficient (Wildman–Crippen LogP) is 2.49. The molecule has 1 unspecified atom stereocenters. The van der Waals surface area contributed by atoms with Gasteiger partial charge in [0, 0.05) is 19.6 Å². The lowest BCUT2D eigenvalue weighted by Gasteiger charge is -2.19. The molecule has 1 aliphatic heterocycles. The molecule has 134 valence electrons. The number of azo groups is 1. The van der Waals surface area contributed by atoms with Crippen LogP contribution in [0.15, 0.2) is 76.1 Å². The first kappa shape index (κ1) is 17.8. The third-order valence-electron chi connectivity index (χ3n) is 3.97.